The molecule has 1 saturated carbocycles. The van der Waals surface area contributed by atoms with Crippen LogP contribution in [0, 0.1) is 0 Å². The van der Waals surface area contributed by atoms with Crippen molar-refractivity contribution in [3.63, 3.8) is 0 Å². The molecule has 0 aliphatic heterocycles. The molecule has 78 valence electrons. The number of hydrogen-bond donors (Lipinski definition) is 1. The predicted molar refractivity (Wildman–Crippen MR) is 57.3 cm³/mol. The molecular formula is C11H10O3S. The third-order valence-electron chi connectivity index (χ3n) is 2.14. The second-order valence-corrected chi connectivity index (χ2v) is 4.79. The fraction of sp³-hybridized carbons (Fsp3) is 0.273. The summed E-state index contributed by atoms with van der Waals surface area (Å²) in [4.78, 5) is 22.7. The van der Waals surface area contributed by atoms with Gasteiger partial charge in [-0.1, -0.05) is 12.1 Å². The van der Waals surface area contributed by atoms with Crippen LogP contribution in [0.3, 0.4) is 0 Å². The van der Waals surface area contributed by atoms with Gasteiger partial charge in [-0.15, -0.1) is 11.8 Å². The standard InChI is InChI=1S/C11H10O3S/c12-10(11(13)14)8-3-1-2-4-9(8)15-7-5-6-7/h1-4,7H,5-6H2,(H,13,14). The van der Waals surface area contributed by atoms with Gasteiger partial charge in [-0.2, -0.15) is 0 Å². The second-order valence-electron chi connectivity index (χ2n) is 3.45. The number of Topliss-reactive ketones (excluding diaryl/α,β-unsaturated/α-hetero) is 1. The van der Waals surface area contributed by atoms with Gasteiger partial charge in [0.25, 0.3) is 5.78 Å². The lowest BCUT2D eigenvalue weighted by Gasteiger charge is -2.04. The van der Waals surface area contributed by atoms with Crippen molar-refractivity contribution in [2.45, 2.75) is 23.0 Å². The van der Waals surface area contributed by atoms with Gasteiger partial charge in [-0.3, -0.25) is 4.79 Å². The molecule has 0 radical (unpaired) electrons. The molecule has 0 bridgehead atoms. The van der Waals surface area contributed by atoms with Crippen LogP contribution >= 0.6 is 11.8 Å². The molecule has 2 rings (SSSR count). The Balaban J connectivity index is 2.27. The van der Waals surface area contributed by atoms with Gasteiger partial charge in [0.15, 0.2) is 0 Å². The van der Waals surface area contributed by atoms with Crippen molar-refractivity contribution < 1.29 is 14.7 Å². The molecule has 1 aromatic carbocycles. The minimum atomic E-state index is -1.39. The maximum absolute atomic E-state index is 11.4. The zero-order valence-corrected chi connectivity index (χ0v) is 8.79. The van der Waals surface area contributed by atoms with Crippen LogP contribution in [0.15, 0.2) is 29.2 Å². The van der Waals surface area contributed by atoms with Crippen molar-refractivity contribution in [2.75, 3.05) is 0 Å². The van der Waals surface area contributed by atoms with E-state index < -0.39 is 11.8 Å². The number of aliphatic carboxylic acids is 1. The minimum Gasteiger partial charge on any atom is -0.475 e. The highest BCUT2D eigenvalue weighted by Gasteiger charge is 2.26. The Morgan fingerprint density at radius 1 is 1.27 bits per heavy atom. The Kier molecular flexibility index (Phi) is 2.77. The summed E-state index contributed by atoms with van der Waals surface area (Å²) in [7, 11) is 0. The SMILES string of the molecule is O=C(O)C(=O)c1ccccc1SC1CC1. The summed E-state index contributed by atoms with van der Waals surface area (Å²) < 4.78 is 0. The molecule has 1 N–H and O–H groups in total. The third kappa shape index (κ3) is 2.39. The second kappa shape index (κ2) is 4.06. The van der Waals surface area contributed by atoms with Crippen molar-refractivity contribution in [3.05, 3.63) is 29.8 Å². The summed E-state index contributed by atoms with van der Waals surface area (Å²) in [5, 5.41) is 9.21. The zero-order valence-electron chi connectivity index (χ0n) is 7.97. The average molecular weight is 222 g/mol. The van der Waals surface area contributed by atoms with Crippen molar-refractivity contribution in [1.82, 2.24) is 0 Å². The topological polar surface area (TPSA) is 54.4 Å². The average Bonchev–Trinajstić information content (AvgIpc) is 3.01. The lowest BCUT2D eigenvalue weighted by atomic mass is 10.1. The molecule has 4 heteroatoms. The van der Waals surface area contributed by atoms with Crippen molar-refractivity contribution >= 4 is 23.5 Å². The van der Waals surface area contributed by atoms with Crippen LogP contribution in [0.2, 0.25) is 0 Å². The highest BCUT2D eigenvalue weighted by molar-refractivity contribution is 8.00. The molecular weight excluding hydrogens is 212 g/mol. The van der Waals surface area contributed by atoms with Gasteiger partial charge in [0.1, 0.15) is 0 Å². The Labute approximate surface area is 91.5 Å². The number of carbonyl (C=O) groups is 2. The molecule has 0 amide bonds. The number of rotatable bonds is 4. The van der Waals surface area contributed by atoms with Gasteiger partial charge in [0, 0.05) is 15.7 Å². The lowest BCUT2D eigenvalue weighted by Crippen LogP contribution is -2.13. The number of carbonyl (C=O) groups excluding carboxylic acids is 1. The van der Waals surface area contributed by atoms with E-state index in [4.69, 9.17) is 5.11 Å². The summed E-state index contributed by atoms with van der Waals surface area (Å²) in [6.07, 6.45) is 2.31. The molecule has 0 saturated heterocycles. The molecule has 0 unspecified atom stereocenters. The fourth-order valence-corrected chi connectivity index (χ4v) is 2.41. The molecule has 15 heavy (non-hydrogen) atoms. The first-order valence-electron chi connectivity index (χ1n) is 4.72. The first kappa shape index (κ1) is 10.2. The number of hydrogen-bond acceptors (Lipinski definition) is 3. The van der Waals surface area contributed by atoms with Crippen LogP contribution in [0.1, 0.15) is 23.2 Å². The molecule has 0 heterocycles. The van der Waals surface area contributed by atoms with Crippen LogP contribution in [-0.2, 0) is 4.79 Å². The Bertz CT molecular complexity index is 410. The smallest absolute Gasteiger partial charge is 0.377 e. The predicted octanol–water partition coefficient (Wildman–Crippen LogP) is 2.21. The Hall–Kier alpha value is -1.29. The van der Waals surface area contributed by atoms with Crippen molar-refractivity contribution in [3.8, 4) is 0 Å². The highest BCUT2D eigenvalue weighted by atomic mass is 32.2. The first-order chi connectivity index (χ1) is 7.18. The number of thioether (sulfide) groups is 1. The van der Waals surface area contributed by atoms with E-state index in [1.165, 1.54) is 0 Å². The molecule has 0 atom stereocenters. The number of benzene rings is 1. The van der Waals surface area contributed by atoms with E-state index in [1.54, 1.807) is 30.0 Å². The maximum Gasteiger partial charge on any atom is 0.377 e. The molecule has 0 aromatic heterocycles. The van der Waals surface area contributed by atoms with E-state index in [0.717, 1.165) is 17.7 Å². The third-order valence-corrected chi connectivity index (χ3v) is 3.56. The number of carboxylic acids is 1. The van der Waals surface area contributed by atoms with Crippen LogP contribution < -0.4 is 0 Å². The highest BCUT2D eigenvalue weighted by Crippen LogP contribution is 2.40. The van der Waals surface area contributed by atoms with E-state index in [-0.39, 0.29) is 0 Å². The first-order valence-corrected chi connectivity index (χ1v) is 5.60. The van der Waals surface area contributed by atoms with E-state index in [0.29, 0.717) is 10.8 Å². The van der Waals surface area contributed by atoms with E-state index in [9.17, 15) is 9.59 Å². The molecule has 1 aromatic rings. The Morgan fingerprint density at radius 2 is 1.93 bits per heavy atom. The van der Waals surface area contributed by atoms with E-state index >= 15 is 0 Å². The van der Waals surface area contributed by atoms with Gasteiger partial charge in [-0.05, 0) is 25.0 Å². The summed E-state index contributed by atoms with van der Waals surface area (Å²) in [5.41, 5.74) is 0.307. The van der Waals surface area contributed by atoms with Gasteiger partial charge in [-0.25, -0.2) is 4.79 Å². The van der Waals surface area contributed by atoms with E-state index in [1.807, 2.05) is 6.07 Å². The molecule has 1 aliphatic carbocycles. The van der Waals surface area contributed by atoms with Crippen LogP contribution in [-0.4, -0.2) is 22.1 Å². The van der Waals surface area contributed by atoms with E-state index in [2.05, 4.69) is 0 Å². The number of ketones is 1. The van der Waals surface area contributed by atoms with Crippen LogP contribution in [0.4, 0.5) is 0 Å². The fourth-order valence-electron chi connectivity index (χ4n) is 1.24. The molecule has 3 nitrogen and oxygen atoms in total. The number of carboxylic acid groups (broad SMARTS) is 1. The largest absolute Gasteiger partial charge is 0.475 e. The summed E-state index contributed by atoms with van der Waals surface area (Å²) in [5.74, 6) is -2.21. The van der Waals surface area contributed by atoms with Gasteiger partial charge < -0.3 is 5.11 Å². The zero-order chi connectivity index (χ0) is 10.8. The Morgan fingerprint density at radius 3 is 2.53 bits per heavy atom. The minimum absolute atomic E-state index is 0.307. The van der Waals surface area contributed by atoms with Crippen molar-refractivity contribution in [2.24, 2.45) is 0 Å². The van der Waals surface area contributed by atoms with Crippen LogP contribution in [0.25, 0.3) is 0 Å². The quantitative estimate of drug-likeness (QED) is 0.627. The van der Waals surface area contributed by atoms with Gasteiger partial charge in [0.05, 0.1) is 0 Å². The van der Waals surface area contributed by atoms with Gasteiger partial charge >= 0.3 is 5.97 Å². The summed E-state index contributed by atoms with van der Waals surface area (Å²) in [6.45, 7) is 0. The normalized spacial score (nSPS) is 14.9. The van der Waals surface area contributed by atoms with Crippen LogP contribution in [0.5, 0.6) is 0 Å². The van der Waals surface area contributed by atoms with Gasteiger partial charge in [0.2, 0.25) is 0 Å². The maximum atomic E-state index is 11.4. The monoisotopic (exact) mass is 222 g/mol. The molecule has 0 spiro atoms. The lowest BCUT2D eigenvalue weighted by molar-refractivity contribution is -0.131. The summed E-state index contributed by atoms with van der Waals surface area (Å²) in [6, 6.07) is 6.89. The molecule has 1 fully saturated rings. The van der Waals surface area contributed by atoms with Crippen molar-refractivity contribution in [1.29, 1.82) is 0 Å². The summed E-state index contributed by atoms with van der Waals surface area (Å²) >= 11 is 1.60. The molecule has 1 aliphatic rings.